The van der Waals surface area contributed by atoms with E-state index in [0.717, 1.165) is 60.7 Å². The van der Waals surface area contributed by atoms with Gasteiger partial charge >= 0.3 is 0 Å². The van der Waals surface area contributed by atoms with Crippen LogP contribution in [0.1, 0.15) is 84.7 Å². The van der Waals surface area contributed by atoms with E-state index in [-0.39, 0.29) is 11.9 Å². The summed E-state index contributed by atoms with van der Waals surface area (Å²) in [6, 6.07) is 9.86. The van der Waals surface area contributed by atoms with Gasteiger partial charge in [-0.1, -0.05) is 26.0 Å². The molecule has 0 atom stereocenters. The molecule has 1 fully saturated rings. The molecule has 0 bridgehead atoms. The summed E-state index contributed by atoms with van der Waals surface area (Å²) in [5.41, 5.74) is 1.98. The van der Waals surface area contributed by atoms with Crippen LogP contribution in [0.3, 0.4) is 0 Å². The van der Waals surface area contributed by atoms with E-state index in [2.05, 4.69) is 15.2 Å². The first-order valence-corrected chi connectivity index (χ1v) is 14.4. The number of carbonyl (C=O) groups is 1. The van der Waals surface area contributed by atoms with Crippen molar-refractivity contribution >= 4 is 28.1 Å². The summed E-state index contributed by atoms with van der Waals surface area (Å²) in [5, 5.41) is 16.0. The number of hydrogen-bond donors (Lipinski definition) is 2. The minimum absolute atomic E-state index is 0.0156. The van der Waals surface area contributed by atoms with E-state index in [0.29, 0.717) is 18.4 Å². The highest BCUT2D eigenvalue weighted by Crippen LogP contribution is 2.36. The molecule has 1 aromatic carbocycles. The van der Waals surface area contributed by atoms with Crippen LogP contribution in [0.25, 0.3) is 10.9 Å². The van der Waals surface area contributed by atoms with Crippen LogP contribution < -0.4 is 5.32 Å². The van der Waals surface area contributed by atoms with Crippen molar-refractivity contribution in [1.29, 1.82) is 0 Å². The Morgan fingerprint density at radius 3 is 2.75 bits per heavy atom. The summed E-state index contributed by atoms with van der Waals surface area (Å²) in [6.07, 6.45) is 9.86. The first kappa shape index (κ1) is 25.3. The molecule has 7 heteroatoms. The number of aromatic nitrogens is 2. The minimum atomic E-state index is -0.772. The maximum Gasteiger partial charge on any atom is 0.252 e. The number of nitrogens with one attached hydrogen (secondary N) is 1. The summed E-state index contributed by atoms with van der Waals surface area (Å²) in [6.45, 7) is 7.16. The summed E-state index contributed by atoms with van der Waals surface area (Å²) in [7, 11) is 0. The molecule has 1 aliphatic heterocycles. The van der Waals surface area contributed by atoms with Crippen LogP contribution in [0, 0.1) is 5.92 Å². The van der Waals surface area contributed by atoms with Crippen LogP contribution in [0.4, 0.5) is 0 Å². The van der Waals surface area contributed by atoms with E-state index in [1.807, 2.05) is 44.2 Å². The van der Waals surface area contributed by atoms with E-state index in [1.165, 1.54) is 29.8 Å². The number of amides is 1. The van der Waals surface area contributed by atoms with Crippen molar-refractivity contribution in [2.24, 2.45) is 5.92 Å². The Kier molecular flexibility index (Phi) is 7.70. The summed E-state index contributed by atoms with van der Waals surface area (Å²) >= 11 is 1.72. The highest BCUT2D eigenvalue weighted by atomic mass is 32.1. The fraction of sp³-hybridized carbons (Fsp3) is 0.552. The van der Waals surface area contributed by atoms with E-state index in [1.54, 1.807) is 17.5 Å². The van der Waals surface area contributed by atoms with Gasteiger partial charge in [-0.2, -0.15) is 0 Å². The van der Waals surface area contributed by atoms with Crippen molar-refractivity contribution in [3.8, 4) is 0 Å². The standard InChI is InChI=1S/C29H38N4O2S/c1-3-29(35,4-2)28-32-25-19-33(18-15-26(25)36-28)17-14-20-10-12-21(13-11-20)31-27(34)23-7-5-9-24-22(23)8-6-16-30-24/h5-9,16,20-21,35H,3-4,10-15,17-19H2,1-2H3,(H,31,34). The van der Waals surface area contributed by atoms with Crippen LogP contribution >= 0.6 is 11.3 Å². The Labute approximate surface area is 218 Å². The van der Waals surface area contributed by atoms with Gasteiger partial charge in [-0.25, -0.2) is 4.98 Å². The average molecular weight is 507 g/mol. The Balaban J connectivity index is 1.09. The van der Waals surface area contributed by atoms with E-state index in [9.17, 15) is 9.90 Å². The first-order valence-electron chi connectivity index (χ1n) is 13.6. The topological polar surface area (TPSA) is 78.4 Å². The Bertz CT molecular complexity index is 1190. The molecule has 6 nitrogen and oxygen atoms in total. The molecular weight excluding hydrogens is 468 g/mol. The summed E-state index contributed by atoms with van der Waals surface area (Å²) in [4.78, 5) is 26.1. The van der Waals surface area contributed by atoms with Crippen molar-refractivity contribution in [3.63, 3.8) is 0 Å². The summed E-state index contributed by atoms with van der Waals surface area (Å²) in [5.74, 6) is 0.736. The Morgan fingerprint density at radius 1 is 1.17 bits per heavy atom. The predicted octanol–water partition coefficient (Wildman–Crippen LogP) is 5.44. The van der Waals surface area contributed by atoms with Crippen molar-refractivity contribution < 1.29 is 9.90 Å². The van der Waals surface area contributed by atoms with Gasteiger partial charge in [0.2, 0.25) is 0 Å². The molecule has 3 aromatic rings. The molecule has 192 valence electrons. The fourth-order valence-corrected chi connectivity index (χ4v) is 7.01. The third kappa shape index (κ3) is 5.34. The molecule has 5 rings (SSSR count). The predicted molar refractivity (Wildman–Crippen MR) is 145 cm³/mol. The highest BCUT2D eigenvalue weighted by molar-refractivity contribution is 7.11. The third-order valence-corrected chi connectivity index (χ3v) is 9.65. The van der Waals surface area contributed by atoms with E-state index in [4.69, 9.17) is 4.98 Å². The normalized spacial score (nSPS) is 20.9. The number of pyridine rings is 1. The lowest BCUT2D eigenvalue weighted by molar-refractivity contribution is 0.0279. The maximum atomic E-state index is 13.0. The van der Waals surface area contributed by atoms with Gasteiger partial charge in [-0.15, -0.1) is 11.3 Å². The van der Waals surface area contributed by atoms with Gasteiger partial charge < -0.3 is 10.4 Å². The van der Waals surface area contributed by atoms with Crippen molar-refractivity contribution in [2.45, 2.75) is 83.4 Å². The summed E-state index contributed by atoms with van der Waals surface area (Å²) < 4.78 is 0. The molecule has 0 spiro atoms. The second kappa shape index (κ2) is 11.0. The number of thiazole rings is 1. The smallest absolute Gasteiger partial charge is 0.252 e. The van der Waals surface area contributed by atoms with Crippen LogP contribution in [0.2, 0.25) is 0 Å². The van der Waals surface area contributed by atoms with Gasteiger partial charge in [-0.3, -0.25) is 14.7 Å². The lowest BCUT2D eigenvalue weighted by atomic mass is 9.84. The lowest BCUT2D eigenvalue weighted by Gasteiger charge is -2.32. The monoisotopic (exact) mass is 506 g/mol. The number of carbonyl (C=O) groups excluding carboxylic acids is 1. The number of hydrogen-bond acceptors (Lipinski definition) is 6. The molecule has 1 amide bonds. The van der Waals surface area contributed by atoms with Crippen LogP contribution in [-0.2, 0) is 18.6 Å². The Hall–Kier alpha value is -2.35. The zero-order valence-electron chi connectivity index (χ0n) is 21.5. The molecule has 0 saturated heterocycles. The third-order valence-electron chi connectivity index (χ3n) is 8.30. The molecule has 2 aromatic heterocycles. The quantitative estimate of drug-likeness (QED) is 0.426. The second-order valence-electron chi connectivity index (χ2n) is 10.5. The largest absolute Gasteiger partial charge is 0.383 e. The number of rotatable bonds is 8. The molecular formula is C29H38N4O2S. The molecule has 1 aliphatic carbocycles. The average Bonchev–Trinajstić information content (AvgIpc) is 3.36. The van der Waals surface area contributed by atoms with Gasteiger partial charge in [0.25, 0.3) is 5.91 Å². The van der Waals surface area contributed by atoms with Crippen LogP contribution in [-0.4, -0.2) is 45.0 Å². The van der Waals surface area contributed by atoms with Gasteiger partial charge in [0.15, 0.2) is 0 Å². The maximum absolute atomic E-state index is 13.0. The van der Waals surface area contributed by atoms with E-state index < -0.39 is 5.60 Å². The Morgan fingerprint density at radius 2 is 1.97 bits per heavy atom. The molecule has 0 radical (unpaired) electrons. The molecule has 2 aliphatic rings. The number of benzene rings is 1. The molecule has 36 heavy (non-hydrogen) atoms. The molecule has 1 saturated carbocycles. The fourth-order valence-electron chi connectivity index (χ4n) is 5.72. The number of fused-ring (bicyclic) bond motifs is 2. The molecule has 2 N–H and O–H groups in total. The zero-order valence-corrected chi connectivity index (χ0v) is 22.3. The van der Waals surface area contributed by atoms with E-state index >= 15 is 0 Å². The number of nitrogens with zero attached hydrogens (tertiary/aromatic N) is 3. The zero-order chi connectivity index (χ0) is 25.1. The van der Waals surface area contributed by atoms with Crippen LogP contribution in [0.15, 0.2) is 36.5 Å². The minimum Gasteiger partial charge on any atom is -0.383 e. The van der Waals surface area contributed by atoms with Crippen molar-refractivity contribution in [3.05, 3.63) is 57.7 Å². The molecule has 3 heterocycles. The highest BCUT2D eigenvalue weighted by Gasteiger charge is 2.32. The van der Waals surface area contributed by atoms with Crippen LogP contribution in [0.5, 0.6) is 0 Å². The SMILES string of the molecule is CCC(O)(CC)c1nc2c(s1)CCN(CCC1CCC(NC(=O)c3cccc4ncccc34)CC1)C2. The van der Waals surface area contributed by atoms with Gasteiger partial charge in [0.1, 0.15) is 10.6 Å². The second-order valence-corrected chi connectivity index (χ2v) is 11.6. The first-order chi connectivity index (χ1) is 17.5. The molecule has 0 unspecified atom stereocenters. The van der Waals surface area contributed by atoms with Gasteiger partial charge in [0, 0.05) is 41.2 Å². The van der Waals surface area contributed by atoms with Gasteiger partial charge in [-0.05, 0) is 82.0 Å². The van der Waals surface area contributed by atoms with Crippen molar-refractivity contribution in [1.82, 2.24) is 20.2 Å². The number of aliphatic hydroxyl groups is 1. The van der Waals surface area contributed by atoms with Crippen molar-refractivity contribution in [2.75, 3.05) is 13.1 Å². The van der Waals surface area contributed by atoms with Gasteiger partial charge in [0.05, 0.1) is 11.2 Å². The lowest BCUT2D eigenvalue weighted by Crippen LogP contribution is -2.38.